The van der Waals surface area contributed by atoms with Gasteiger partial charge in [0.1, 0.15) is 0 Å². The zero-order valence-corrected chi connectivity index (χ0v) is 12.1. The summed E-state index contributed by atoms with van der Waals surface area (Å²) in [7, 11) is 0. The predicted molar refractivity (Wildman–Crippen MR) is 14.8 cm³/mol. The first kappa shape index (κ1) is 20.4. The maximum absolute atomic E-state index is 9.49. The molecular weight excluding hydrogens is 317 g/mol. The molecule has 0 aromatic heterocycles. The summed E-state index contributed by atoms with van der Waals surface area (Å²) in [4.78, 5) is 8.36. The minimum atomic E-state index is -6.01. The average Bonchev–Trinajstić information content (AvgIpc) is 1.47. The fourth-order valence-electron chi connectivity index (χ4n) is 0.105. The fraction of sp³-hybridized carbons (Fsp3) is 0. The van der Waals surface area contributed by atoms with Crippen molar-refractivity contribution in [2.45, 2.75) is 0 Å². The van der Waals surface area contributed by atoms with Crippen molar-refractivity contribution in [2.75, 3.05) is 0 Å². The molecule has 0 aliphatic carbocycles. The first-order valence-electron chi connectivity index (χ1n) is 1.91. The van der Waals surface area contributed by atoms with Gasteiger partial charge in [0.05, 0.1) is 0 Å². The van der Waals surface area contributed by atoms with Crippen molar-refractivity contribution in [3.05, 3.63) is 10.1 Å². The summed E-state index contributed by atoms with van der Waals surface area (Å²) in [5, 5.41) is 13.6. The Labute approximate surface area is 123 Å². The quantitative estimate of drug-likeness (QED) is 0.282. The van der Waals surface area contributed by atoms with Crippen molar-refractivity contribution in [3.8, 4) is 0 Å². The molecule has 0 bridgehead atoms. The van der Waals surface area contributed by atoms with Crippen LogP contribution in [-0.4, -0.2) is 14.5 Å². The van der Waals surface area contributed by atoms with Crippen LogP contribution in [0.15, 0.2) is 0 Å². The van der Waals surface area contributed by atoms with Crippen molar-refractivity contribution in [2.24, 2.45) is 0 Å². The second kappa shape index (κ2) is 8.17. The summed E-state index contributed by atoms with van der Waals surface area (Å²) in [6.45, 7) is 0. The van der Waals surface area contributed by atoms with E-state index in [1.807, 2.05) is 0 Å². The Balaban J connectivity index is -0.000000209. The Kier molecular flexibility index (Phi) is 11.9. The van der Waals surface area contributed by atoms with Crippen LogP contribution in [0.5, 0.6) is 0 Å². The van der Waals surface area contributed by atoms with Crippen LogP contribution in [0.25, 0.3) is 0 Å². The molecule has 0 saturated carbocycles. The molecule has 0 fully saturated rings. The minimum absolute atomic E-state index is 0. The molecule has 0 heterocycles. The van der Waals surface area contributed by atoms with Gasteiger partial charge < -0.3 is 5.21 Å². The molecule has 0 aliphatic heterocycles. The summed E-state index contributed by atoms with van der Waals surface area (Å²) >= 11 is -11.8. The molecule has 2 N–H and O–H groups in total. The molecule has 0 aromatic rings. The third kappa shape index (κ3) is 38.2. The zero-order valence-electron chi connectivity index (χ0n) is 6.42. The first-order chi connectivity index (χ1) is 5.44. The van der Waals surface area contributed by atoms with E-state index in [0.29, 0.717) is 0 Å². The Hall–Kier alpha value is 0.981. The molecule has 80 valence electrons. The second-order valence-corrected chi connectivity index (χ2v) is 4.84. The van der Waals surface area contributed by atoms with Crippen LogP contribution in [0.1, 0.15) is 0 Å². The summed E-state index contributed by atoms with van der Waals surface area (Å²) in [5.41, 5.74) is 0. The van der Waals surface area contributed by atoms with Gasteiger partial charge in [-0.1, -0.05) is 0 Å². The topological polar surface area (TPSA) is 184 Å². The molecule has 0 aromatic carbocycles. The van der Waals surface area contributed by atoms with Crippen molar-refractivity contribution in [1.29, 1.82) is 0 Å². The van der Waals surface area contributed by atoms with Crippen molar-refractivity contribution in [3.63, 3.8) is 0 Å². The third-order valence-electron chi connectivity index (χ3n) is 0.169. The van der Waals surface area contributed by atoms with Crippen LogP contribution in [0.3, 0.4) is 0 Å². The van der Waals surface area contributed by atoms with E-state index in [-0.39, 0.29) is 51.4 Å². The van der Waals surface area contributed by atoms with Gasteiger partial charge in [0.2, 0.25) is 0 Å². The fourth-order valence-corrected chi connectivity index (χ4v) is 1.79. The molecule has 0 saturated heterocycles. The van der Waals surface area contributed by atoms with E-state index in [1.165, 1.54) is 0 Å². The van der Waals surface area contributed by atoms with Crippen molar-refractivity contribution < 1.29 is 115 Å². The van der Waals surface area contributed by atoms with Gasteiger partial charge in [-0.25, -0.2) is 0 Å². The molecular formula is H2Cr2KNO10. The number of nitrogens with zero attached hydrogens (tertiary/aromatic N) is 1. The van der Waals surface area contributed by atoms with Gasteiger partial charge in [0, 0.05) is 0 Å². The Morgan fingerprint density at radius 1 is 1.21 bits per heavy atom. The normalized spacial score (nSPS) is 10.4. The van der Waals surface area contributed by atoms with E-state index in [4.69, 9.17) is 19.5 Å². The number of hydrogen-bond acceptors (Lipinski definition) is 8. The summed E-state index contributed by atoms with van der Waals surface area (Å²) in [5.74, 6) is 0. The molecule has 0 rings (SSSR count). The molecule has 11 nitrogen and oxygen atoms in total. The molecule has 14 heteroatoms. The van der Waals surface area contributed by atoms with Crippen molar-refractivity contribution >= 4 is 0 Å². The van der Waals surface area contributed by atoms with Crippen LogP contribution < -0.4 is 55.5 Å². The van der Waals surface area contributed by atoms with Gasteiger partial charge in [0.25, 0.3) is 5.09 Å². The van der Waals surface area contributed by atoms with E-state index >= 15 is 0 Å². The SMILES string of the molecule is O=[N+]([O-])O.[K+].[O]=[Cr](=[O])([O-])[O][Cr](=[O])(=[O])[OH]. The molecule has 0 amide bonds. The molecule has 0 spiro atoms. The zero-order chi connectivity index (χ0) is 11.3. The van der Waals surface area contributed by atoms with Crippen LogP contribution in [0.4, 0.5) is 0 Å². The van der Waals surface area contributed by atoms with E-state index in [1.54, 1.807) is 0 Å². The van der Waals surface area contributed by atoms with Gasteiger partial charge in [-0.15, -0.1) is 10.1 Å². The average molecular weight is 319 g/mol. The van der Waals surface area contributed by atoms with Crippen molar-refractivity contribution in [1.82, 2.24) is 0 Å². The molecule has 0 radical (unpaired) electrons. The Morgan fingerprint density at radius 3 is 1.43 bits per heavy atom. The van der Waals surface area contributed by atoms with E-state index in [2.05, 4.69) is 2.84 Å². The molecule has 14 heavy (non-hydrogen) atoms. The van der Waals surface area contributed by atoms with Crippen LogP contribution in [0, 0.1) is 10.1 Å². The predicted octanol–water partition coefficient (Wildman–Crippen LogP) is -5.64. The molecule has 0 atom stereocenters. The van der Waals surface area contributed by atoms with Crippen LogP contribution in [-0.2, 0) is 45.3 Å². The Bertz CT molecular complexity index is 314. The van der Waals surface area contributed by atoms with Gasteiger partial charge in [-0.05, 0) is 0 Å². The van der Waals surface area contributed by atoms with Gasteiger partial charge in [0.15, 0.2) is 0 Å². The Morgan fingerprint density at radius 2 is 1.43 bits per heavy atom. The van der Waals surface area contributed by atoms with Gasteiger partial charge in [-0.2, -0.15) is 0 Å². The van der Waals surface area contributed by atoms with E-state index in [0.717, 1.165) is 0 Å². The molecule has 0 aliphatic rings. The van der Waals surface area contributed by atoms with Gasteiger partial charge >= 0.3 is 105 Å². The summed E-state index contributed by atoms with van der Waals surface area (Å²) in [6.07, 6.45) is 0. The van der Waals surface area contributed by atoms with E-state index < -0.39 is 32.3 Å². The summed E-state index contributed by atoms with van der Waals surface area (Å²) in [6, 6.07) is 0. The standard InChI is InChI=1S/2Cr.K.HNO3.H2O.6O/c;;;2-1(3)4;;;;;;;/h;;;(H,2,3,4);1H2;;;;;;/q;2*+1;;;;;;;;-1/p-1. The van der Waals surface area contributed by atoms with Gasteiger partial charge in [-0.3, -0.25) is 0 Å². The first-order valence-corrected chi connectivity index (χ1v) is 6.13. The summed E-state index contributed by atoms with van der Waals surface area (Å²) < 4.78 is 57.6. The maximum atomic E-state index is 9.49. The monoisotopic (exact) mass is 319 g/mol. The molecule has 0 unspecified atom stereocenters. The number of rotatable bonds is 2. The third-order valence-corrected chi connectivity index (χ3v) is 2.88. The number of hydrogen-bond donors (Lipinski definition) is 2. The van der Waals surface area contributed by atoms with E-state index in [9.17, 15) is 19.4 Å². The second-order valence-electron chi connectivity index (χ2n) is 1.14. The van der Waals surface area contributed by atoms with Crippen LogP contribution >= 0.6 is 0 Å². The van der Waals surface area contributed by atoms with Crippen LogP contribution in [0.2, 0.25) is 0 Å².